The number of aromatic nitrogens is 3. The standard InChI is InChI=1S/C22H32N4O2S/c1-20(2,3)14-10-13(11-15(16(14)27)21(4,5)6)12-23-26-18(28)17(22(7,8)9)24-25-19(26)29/h10-12,27H,1-9H3,(H,25,29)/b23-12-. The number of aromatic amines is 1. The van der Waals surface area contributed by atoms with Crippen molar-refractivity contribution in [3.05, 3.63) is 49.6 Å². The van der Waals surface area contributed by atoms with Crippen LogP contribution in [0.4, 0.5) is 0 Å². The fraction of sp³-hybridized carbons (Fsp3) is 0.545. The molecule has 29 heavy (non-hydrogen) atoms. The average Bonchev–Trinajstić information content (AvgIpc) is 2.52. The zero-order valence-corrected chi connectivity index (χ0v) is 19.7. The lowest BCUT2D eigenvalue weighted by Crippen LogP contribution is -2.32. The van der Waals surface area contributed by atoms with Crippen LogP contribution in [0.5, 0.6) is 5.75 Å². The second-order valence-corrected chi connectivity index (χ2v) is 10.8. The van der Waals surface area contributed by atoms with Crippen LogP contribution in [0, 0.1) is 4.77 Å². The maximum absolute atomic E-state index is 12.8. The first-order valence-electron chi connectivity index (χ1n) is 9.68. The van der Waals surface area contributed by atoms with Crippen molar-refractivity contribution < 1.29 is 5.11 Å². The van der Waals surface area contributed by atoms with Gasteiger partial charge < -0.3 is 5.11 Å². The highest BCUT2D eigenvalue weighted by Gasteiger charge is 2.26. The predicted octanol–water partition coefficient (Wildman–Crippen LogP) is 4.78. The highest BCUT2D eigenvalue weighted by atomic mass is 32.1. The van der Waals surface area contributed by atoms with Gasteiger partial charge in [-0.2, -0.15) is 14.9 Å². The Labute approximate surface area is 177 Å². The van der Waals surface area contributed by atoms with Crippen LogP contribution in [0.2, 0.25) is 0 Å². The number of phenolic OH excluding ortho intramolecular Hbond substituents is 1. The van der Waals surface area contributed by atoms with Gasteiger partial charge in [0.25, 0.3) is 5.56 Å². The van der Waals surface area contributed by atoms with Gasteiger partial charge in [-0.25, -0.2) is 0 Å². The summed E-state index contributed by atoms with van der Waals surface area (Å²) in [6.45, 7) is 18.0. The van der Waals surface area contributed by atoms with Crippen LogP contribution in [0.15, 0.2) is 22.0 Å². The third-order valence-electron chi connectivity index (χ3n) is 4.63. The molecule has 1 aromatic heterocycles. The molecular weight excluding hydrogens is 384 g/mol. The lowest BCUT2D eigenvalue weighted by molar-refractivity contribution is 0.423. The summed E-state index contributed by atoms with van der Waals surface area (Å²) in [7, 11) is 0. The minimum Gasteiger partial charge on any atom is -0.507 e. The van der Waals surface area contributed by atoms with Crippen molar-refractivity contribution in [2.75, 3.05) is 0 Å². The van der Waals surface area contributed by atoms with E-state index < -0.39 is 5.41 Å². The van der Waals surface area contributed by atoms with E-state index in [0.717, 1.165) is 21.4 Å². The van der Waals surface area contributed by atoms with Crippen LogP contribution < -0.4 is 5.56 Å². The van der Waals surface area contributed by atoms with Crippen molar-refractivity contribution in [2.24, 2.45) is 5.10 Å². The van der Waals surface area contributed by atoms with E-state index in [4.69, 9.17) is 12.2 Å². The Hall–Kier alpha value is -2.28. The fourth-order valence-electron chi connectivity index (χ4n) is 2.98. The van der Waals surface area contributed by atoms with Crippen molar-refractivity contribution in [1.82, 2.24) is 14.9 Å². The summed E-state index contributed by atoms with van der Waals surface area (Å²) >= 11 is 5.22. The molecule has 0 aliphatic heterocycles. The molecule has 2 N–H and O–H groups in total. The minimum absolute atomic E-state index is 0.130. The van der Waals surface area contributed by atoms with Gasteiger partial charge in [-0.15, -0.1) is 0 Å². The van der Waals surface area contributed by atoms with Gasteiger partial charge >= 0.3 is 0 Å². The number of phenols is 1. The Morgan fingerprint density at radius 2 is 1.48 bits per heavy atom. The van der Waals surface area contributed by atoms with Gasteiger partial charge in [-0.05, 0) is 40.7 Å². The lowest BCUT2D eigenvalue weighted by Gasteiger charge is -2.27. The first-order chi connectivity index (χ1) is 13.0. The molecule has 2 rings (SSSR count). The molecule has 0 aliphatic carbocycles. The first kappa shape index (κ1) is 23.0. The molecule has 0 spiro atoms. The molecule has 1 heterocycles. The van der Waals surface area contributed by atoms with Crippen molar-refractivity contribution in [3.8, 4) is 5.75 Å². The molecule has 0 atom stereocenters. The van der Waals surface area contributed by atoms with Crippen LogP contribution in [-0.2, 0) is 16.2 Å². The molecule has 0 bridgehead atoms. The van der Waals surface area contributed by atoms with Crippen LogP contribution in [0.1, 0.15) is 84.7 Å². The van der Waals surface area contributed by atoms with E-state index in [1.165, 1.54) is 0 Å². The average molecular weight is 417 g/mol. The van der Waals surface area contributed by atoms with Crippen molar-refractivity contribution in [1.29, 1.82) is 0 Å². The number of aromatic hydroxyl groups is 1. The summed E-state index contributed by atoms with van der Waals surface area (Å²) in [5, 5.41) is 22.0. The molecule has 6 nitrogen and oxygen atoms in total. The fourth-order valence-corrected chi connectivity index (χ4v) is 3.16. The summed E-state index contributed by atoms with van der Waals surface area (Å²) in [4.78, 5) is 12.8. The highest BCUT2D eigenvalue weighted by Crippen LogP contribution is 2.39. The number of rotatable bonds is 2. The number of nitrogens with one attached hydrogen (secondary N) is 1. The SMILES string of the molecule is CC(C)(C)c1cc(/C=N\n2c(=S)[nH]nc(C(C)(C)C)c2=O)cc(C(C)(C)C)c1O. The molecule has 0 saturated carbocycles. The topological polar surface area (TPSA) is 83.3 Å². The van der Waals surface area contributed by atoms with Gasteiger partial charge in [-0.3, -0.25) is 9.89 Å². The van der Waals surface area contributed by atoms with Crippen LogP contribution in [0.25, 0.3) is 0 Å². The Bertz CT molecular complexity index is 1020. The van der Waals surface area contributed by atoms with Gasteiger partial charge in [0.2, 0.25) is 4.77 Å². The zero-order chi connectivity index (χ0) is 22.4. The van der Waals surface area contributed by atoms with E-state index >= 15 is 0 Å². The molecule has 0 aliphatic rings. The lowest BCUT2D eigenvalue weighted by atomic mass is 9.78. The van der Waals surface area contributed by atoms with E-state index in [-0.39, 0.29) is 21.2 Å². The van der Waals surface area contributed by atoms with Crippen LogP contribution in [-0.4, -0.2) is 26.2 Å². The van der Waals surface area contributed by atoms with Gasteiger partial charge in [0.15, 0.2) is 0 Å². The molecule has 0 fully saturated rings. The van der Waals surface area contributed by atoms with Crippen LogP contribution >= 0.6 is 12.2 Å². The smallest absolute Gasteiger partial charge is 0.297 e. The quantitative estimate of drug-likeness (QED) is 0.545. The number of hydrogen-bond acceptors (Lipinski definition) is 5. The summed E-state index contributed by atoms with van der Waals surface area (Å²) in [5.74, 6) is 0.301. The largest absolute Gasteiger partial charge is 0.507 e. The Morgan fingerprint density at radius 3 is 1.90 bits per heavy atom. The molecule has 0 unspecified atom stereocenters. The van der Waals surface area contributed by atoms with Crippen molar-refractivity contribution in [3.63, 3.8) is 0 Å². The highest BCUT2D eigenvalue weighted by molar-refractivity contribution is 7.71. The molecule has 7 heteroatoms. The second kappa shape index (κ2) is 7.52. The molecule has 0 amide bonds. The maximum atomic E-state index is 12.8. The second-order valence-electron chi connectivity index (χ2n) is 10.5. The van der Waals surface area contributed by atoms with E-state index in [9.17, 15) is 9.90 Å². The Balaban J connectivity index is 2.69. The van der Waals surface area contributed by atoms with E-state index in [2.05, 4.69) is 56.8 Å². The van der Waals surface area contributed by atoms with Gasteiger partial charge in [0.05, 0.1) is 6.21 Å². The third-order valence-corrected chi connectivity index (χ3v) is 4.90. The molecule has 2 aromatic rings. The summed E-state index contributed by atoms with van der Waals surface area (Å²) in [5.41, 5.74) is 1.51. The molecular formula is C22H32N4O2S. The van der Waals surface area contributed by atoms with E-state index in [0.29, 0.717) is 11.4 Å². The maximum Gasteiger partial charge on any atom is 0.297 e. The Kier molecular flexibility index (Phi) is 5.96. The molecule has 158 valence electrons. The van der Waals surface area contributed by atoms with Crippen molar-refractivity contribution >= 4 is 18.4 Å². The van der Waals surface area contributed by atoms with Gasteiger partial charge in [0, 0.05) is 16.5 Å². The predicted molar refractivity (Wildman–Crippen MR) is 121 cm³/mol. The van der Waals surface area contributed by atoms with Gasteiger partial charge in [-0.1, -0.05) is 62.3 Å². The normalized spacial score (nSPS) is 13.3. The summed E-state index contributed by atoms with van der Waals surface area (Å²) in [6.07, 6.45) is 1.60. The zero-order valence-electron chi connectivity index (χ0n) is 18.8. The number of hydrogen-bond donors (Lipinski definition) is 2. The van der Waals surface area contributed by atoms with E-state index in [1.807, 2.05) is 32.9 Å². The van der Waals surface area contributed by atoms with Gasteiger partial charge in [0.1, 0.15) is 11.4 Å². The number of benzene rings is 1. The van der Waals surface area contributed by atoms with E-state index in [1.54, 1.807) is 6.21 Å². The molecule has 0 saturated heterocycles. The number of H-pyrrole nitrogens is 1. The Morgan fingerprint density at radius 1 is 1.00 bits per heavy atom. The number of nitrogens with zero attached hydrogens (tertiary/aromatic N) is 3. The van der Waals surface area contributed by atoms with Crippen molar-refractivity contribution in [2.45, 2.75) is 78.6 Å². The molecule has 1 aromatic carbocycles. The molecule has 0 radical (unpaired) electrons. The minimum atomic E-state index is -0.439. The third kappa shape index (κ3) is 5.01. The van der Waals surface area contributed by atoms with Crippen LogP contribution in [0.3, 0.4) is 0 Å². The summed E-state index contributed by atoms with van der Waals surface area (Å²) in [6, 6.07) is 3.80. The first-order valence-corrected chi connectivity index (χ1v) is 10.1. The summed E-state index contributed by atoms with van der Waals surface area (Å²) < 4.78 is 1.29. The monoisotopic (exact) mass is 416 g/mol.